The Balaban J connectivity index is 1.74. The molecule has 0 radical (unpaired) electrons. The summed E-state index contributed by atoms with van der Waals surface area (Å²) in [5.74, 6) is -0.0225. The Morgan fingerprint density at radius 3 is 2.75 bits per heavy atom. The number of nitrogens with zero attached hydrogens (tertiary/aromatic N) is 1. The van der Waals surface area contributed by atoms with Crippen molar-refractivity contribution >= 4 is 22.9 Å². The first-order valence-electron chi connectivity index (χ1n) is 6.65. The van der Waals surface area contributed by atoms with Gasteiger partial charge in [-0.15, -0.1) is 11.3 Å². The average Bonchev–Trinajstić information content (AvgIpc) is 2.85. The van der Waals surface area contributed by atoms with Gasteiger partial charge < -0.3 is 10.6 Å². The number of thiazole rings is 1. The maximum atomic E-state index is 12.0. The second-order valence-corrected chi connectivity index (χ2v) is 5.70. The van der Waals surface area contributed by atoms with Gasteiger partial charge in [-0.05, 0) is 26.0 Å². The number of carbonyl (C=O) groups excluding carboxylic acids is 1. The minimum Gasteiger partial charge on any atom is -0.325 e. The molecule has 0 aliphatic rings. The lowest BCUT2D eigenvalue weighted by molar-refractivity contribution is -0.117. The van der Waals surface area contributed by atoms with Gasteiger partial charge in [0.1, 0.15) is 0 Å². The lowest BCUT2D eigenvalue weighted by atomic mass is 10.2. The van der Waals surface area contributed by atoms with Crippen LogP contribution in [0.25, 0.3) is 0 Å². The van der Waals surface area contributed by atoms with E-state index in [9.17, 15) is 4.79 Å². The van der Waals surface area contributed by atoms with Crippen LogP contribution in [-0.2, 0) is 11.2 Å². The number of rotatable bonds is 6. The SMILES string of the molecule is Cc1nc(CCNC(C)C(=O)Nc2ccccc2)cs1. The maximum absolute atomic E-state index is 12.0. The van der Waals surface area contributed by atoms with Crippen LogP contribution in [-0.4, -0.2) is 23.5 Å². The highest BCUT2D eigenvalue weighted by Gasteiger charge is 2.12. The Hall–Kier alpha value is -1.72. The van der Waals surface area contributed by atoms with Crippen molar-refractivity contribution < 1.29 is 4.79 Å². The van der Waals surface area contributed by atoms with Crippen molar-refractivity contribution in [3.8, 4) is 0 Å². The zero-order valence-electron chi connectivity index (χ0n) is 11.7. The third kappa shape index (κ3) is 4.43. The molecule has 0 saturated carbocycles. The van der Waals surface area contributed by atoms with E-state index in [-0.39, 0.29) is 11.9 Å². The summed E-state index contributed by atoms with van der Waals surface area (Å²) in [6.07, 6.45) is 0.841. The summed E-state index contributed by atoms with van der Waals surface area (Å²) in [5, 5.41) is 9.23. The Kier molecular flexibility index (Phi) is 5.26. The predicted octanol–water partition coefficient (Wildman–Crippen LogP) is 2.61. The van der Waals surface area contributed by atoms with Crippen LogP contribution < -0.4 is 10.6 Å². The smallest absolute Gasteiger partial charge is 0.241 e. The lowest BCUT2D eigenvalue weighted by Crippen LogP contribution is -2.39. The number of hydrogen-bond acceptors (Lipinski definition) is 4. The van der Waals surface area contributed by atoms with Gasteiger partial charge in [0, 0.05) is 24.0 Å². The van der Waals surface area contributed by atoms with Crippen molar-refractivity contribution in [3.63, 3.8) is 0 Å². The van der Waals surface area contributed by atoms with Crippen molar-refractivity contribution in [2.75, 3.05) is 11.9 Å². The summed E-state index contributed by atoms with van der Waals surface area (Å²) in [5.41, 5.74) is 1.90. The molecule has 2 aromatic rings. The number of benzene rings is 1. The quantitative estimate of drug-likeness (QED) is 0.859. The summed E-state index contributed by atoms with van der Waals surface area (Å²) >= 11 is 1.65. The molecule has 20 heavy (non-hydrogen) atoms. The van der Waals surface area contributed by atoms with Crippen molar-refractivity contribution in [3.05, 3.63) is 46.4 Å². The molecule has 0 fully saturated rings. The molecule has 1 unspecified atom stereocenters. The average molecular weight is 289 g/mol. The topological polar surface area (TPSA) is 54.0 Å². The van der Waals surface area contributed by atoms with Gasteiger partial charge in [0.2, 0.25) is 5.91 Å². The summed E-state index contributed by atoms with van der Waals surface area (Å²) in [4.78, 5) is 16.4. The fourth-order valence-corrected chi connectivity index (χ4v) is 2.45. The Morgan fingerprint density at radius 2 is 2.10 bits per heavy atom. The zero-order chi connectivity index (χ0) is 14.4. The van der Waals surface area contributed by atoms with E-state index in [0.717, 1.165) is 29.4 Å². The standard InChI is InChI=1S/C15H19N3OS/c1-11(15(19)18-13-6-4-3-5-7-13)16-9-8-14-10-20-12(2)17-14/h3-7,10-11,16H,8-9H2,1-2H3,(H,18,19). The monoisotopic (exact) mass is 289 g/mol. The molecule has 106 valence electrons. The van der Waals surface area contributed by atoms with Crippen LogP contribution in [0.2, 0.25) is 0 Å². The van der Waals surface area contributed by atoms with E-state index in [1.54, 1.807) is 11.3 Å². The van der Waals surface area contributed by atoms with Gasteiger partial charge in [-0.25, -0.2) is 4.98 Å². The number of hydrogen-bond donors (Lipinski definition) is 2. The molecule has 2 N–H and O–H groups in total. The van der Waals surface area contributed by atoms with E-state index in [4.69, 9.17) is 0 Å². The van der Waals surface area contributed by atoms with Crippen LogP contribution in [0, 0.1) is 6.92 Å². The normalized spacial score (nSPS) is 12.1. The number of amides is 1. The summed E-state index contributed by atoms with van der Waals surface area (Å²) in [6.45, 7) is 4.61. The second kappa shape index (κ2) is 7.17. The summed E-state index contributed by atoms with van der Waals surface area (Å²) in [6, 6.07) is 9.25. The molecule has 1 heterocycles. The molecule has 1 aromatic heterocycles. The molecule has 1 amide bonds. The van der Waals surface area contributed by atoms with Gasteiger partial charge in [-0.1, -0.05) is 18.2 Å². The largest absolute Gasteiger partial charge is 0.325 e. The highest BCUT2D eigenvalue weighted by atomic mass is 32.1. The van der Waals surface area contributed by atoms with Crippen molar-refractivity contribution in [1.82, 2.24) is 10.3 Å². The van der Waals surface area contributed by atoms with Crippen LogP contribution in [0.3, 0.4) is 0 Å². The maximum Gasteiger partial charge on any atom is 0.241 e. The molecular weight excluding hydrogens is 270 g/mol. The first-order valence-corrected chi connectivity index (χ1v) is 7.53. The van der Waals surface area contributed by atoms with Crippen LogP contribution in [0.4, 0.5) is 5.69 Å². The Labute approximate surface area is 123 Å². The number of nitrogens with one attached hydrogen (secondary N) is 2. The predicted molar refractivity (Wildman–Crippen MR) is 83.1 cm³/mol. The molecule has 5 heteroatoms. The number of carbonyl (C=O) groups is 1. The third-order valence-electron chi connectivity index (χ3n) is 2.93. The minimum absolute atomic E-state index is 0.0225. The van der Waals surface area contributed by atoms with Crippen molar-refractivity contribution in [1.29, 1.82) is 0 Å². The molecule has 0 saturated heterocycles. The van der Waals surface area contributed by atoms with Crippen LogP contribution in [0.15, 0.2) is 35.7 Å². The van der Waals surface area contributed by atoms with Gasteiger partial charge >= 0.3 is 0 Å². The zero-order valence-corrected chi connectivity index (χ0v) is 12.5. The van der Waals surface area contributed by atoms with Crippen molar-refractivity contribution in [2.45, 2.75) is 26.3 Å². The van der Waals surface area contributed by atoms with Gasteiger partial charge in [0.15, 0.2) is 0 Å². The molecule has 0 bridgehead atoms. The van der Waals surface area contributed by atoms with Crippen LogP contribution >= 0.6 is 11.3 Å². The molecule has 0 spiro atoms. The van der Waals surface area contributed by atoms with Crippen LogP contribution in [0.5, 0.6) is 0 Å². The van der Waals surface area contributed by atoms with Gasteiger partial charge in [0.25, 0.3) is 0 Å². The molecule has 4 nitrogen and oxygen atoms in total. The van der Waals surface area contributed by atoms with E-state index < -0.39 is 0 Å². The first-order chi connectivity index (χ1) is 9.65. The number of anilines is 1. The van der Waals surface area contributed by atoms with E-state index in [1.807, 2.05) is 44.2 Å². The van der Waals surface area contributed by atoms with Gasteiger partial charge in [-0.3, -0.25) is 4.79 Å². The molecule has 1 aromatic carbocycles. The minimum atomic E-state index is -0.227. The first kappa shape index (κ1) is 14.7. The Bertz CT molecular complexity index is 553. The number of aryl methyl sites for hydroxylation is 1. The van der Waals surface area contributed by atoms with Gasteiger partial charge in [-0.2, -0.15) is 0 Å². The van der Waals surface area contributed by atoms with E-state index in [0.29, 0.717) is 0 Å². The summed E-state index contributed by atoms with van der Waals surface area (Å²) in [7, 11) is 0. The summed E-state index contributed by atoms with van der Waals surface area (Å²) < 4.78 is 0. The third-order valence-corrected chi connectivity index (χ3v) is 3.76. The Morgan fingerprint density at radius 1 is 1.35 bits per heavy atom. The van der Waals surface area contributed by atoms with E-state index in [2.05, 4.69) is 21.0 Å². The molecule has 0 aliphatic carbocycles. The van der Waals surface area contributed by atoms with E-state index in [1.165, 1.54) is 0 Å². The number of aromatic nitrogens is 1. The van der Waals surface area contributed by atoms with Crippen molar-refractivity contribution in [2.24, 2.45) is 0 Å². The van der Waals surface area contributed by atoms with E-state index >= 15 is 0 Å². The molecule has 1 atom stereocenters. The second-order valence-electron chi connectivity index (χ2n) is 4.64. The molecule has 2 rings (SSSR count). The molecular formula is C15H19N3OS. The molecule has 0 aliphatic heterocycles. The fourth-order valence-electron chi connectivity index (χ4n) is 1.80. The fraction of sp³-hybridized carbons (Fsp3) is 0.333. The highest BCUT2D eigenvalue weighted by Crippen LogP contribution is 2.08. The van der Waals surface area contributed by atoms with Crippen LogP contribution in [0.1, 0.15) is 17.6 Å². The highest BCUT2D eigenvalue weighted by molar-refractivity contribution is 7.09. The van der Waals surface area contributed by atoms with Gasteiger partial charge in [0.05, 0.1) is 16.7 Å². The lowest BCUT2D eigenvalue weighted by Gasteiger charge is -2.13. The number of para-hydroxylation sites is 1.